The quantitative estimate of drug-likeness (QED) is 0.721. The Morgan fingerprint density at radius 3 is 2.65 bits per heavy atom. The molecule has 4 heteroatoms. The summed E-state index contributed by atoms with van der Waals surface area (Å²) in [5.41, 5.74) is 4.61. The van der Waals surface area contributed by atoms with Crippen LogP contribution in [0.1, 0.15) is 48.8 Å². The Bertz CT molecular complexity index is 931. The number of aromatic nitrogens is 3. The van der Waals surface area contributed by atoms with Crippen molar-refractivity contribution in [2.24, 2.45) is 4.99 Å². The van der Waals surface area contributed by atoms with E-state index >= 15 is 0 Å². The van der Waals surface area contributed by atoms with Crippen molar-refractivity contribution < 1.29 is 0 Å². The smallest absolute Gasteiger partial charge is 0.155 e. The molecule has 1 aromatic carbocycles. The molecule has 0 saturated heterocycles. The molecular weight excluding hydrogens is 284 g/mol. The number of para-hydroxylation sites is 1. The Hall–Kier alpha value is -2.49. The third-order valence-corrected chi connectivity index (χ3v) is 5.17. The van der Waals surface area contributed by atoms with E-state index in [0.29, 0.717) is 11.8 Å². The maximum absolute atomic E-state index is 4.84. The zero-order valence-corrected chi connectivity index (χ0v) is 13.1. The van der Waals surface area contributed by atoms with Crippen LogP contribution in [0.15, 0.2) is 47.6 Å². The Morgan fingerprint density at radius 1 is 0.957 bits per heavy atom. The van der Waals surface area contributed by atoms with Crippen molar-refractivity contribution in [1.29, 1.82) is 0 Å². The van der Waals surface area contributed by atoms with Gasteiger partial charge in [0.05, 0.1) is 16.9 Å². The van der Waals surface area contributed by atoms with Gasteiger partial charge in [0.25, 0.3) is 0 Å². The molecule has 1 aliphatic heterocycles. The molecule has 3 heterocycles. The summed E-state index contributed by atoms with van der Waals surface area (Å²) in [6.07, 6.45) is 4.49. The fourth-order valence-corrected chi connectivity index (χ4v) is 3.69. The van der Waals surface area contributed by atoms with Crippen molar-refractivity contribution in [3.05, 3.63) is 59.8 Å². The van der Waals surface area contributed by atoms with E-state index in [0.717, 1.165) is 36.6 Å². The van der Waals surface area contributed by atoms with Crippen LogP contribution < -0.4 is 0 Å². The second-order valence-electron chi connectivity index (χ2n) is 6.64. The van der Waals surface area contributed by atoms with Crippen LogP contribution in [-0.4, -0.2) is 20.2 Å². The maximum atomic E-state index is 4.84. The molecule has 0 atom stereocenters. The summed E-state index contributed by atoms with van der Waals surface area (Å²) in [6.45, 7) is 2.77. The molecule has 1 saturated carbocycles. The largest absolute Gasteiger partial charge is 0.310 e. The molecule has 114 valence electrons. The van der Waals surface area contributed by atoms with E-state index in [9.17, 15) is 0 Å². The minimum atomic E-state index is 0.566. The molecule has 23 heavy (non-hydrogen) atoms. The Balaban J connectivity index is 1.36. The Labute approximate surface area is 134 Å². The lowest BCUT2D eigenvalue weighted by molar-refractivity contribution is 0.340. The minimum Gasteiger partial charge on any atom is -0.310 e. The number of benzene rings is 1. The second kappa shape index (κ2) is 4.75. The molecule has 0 bridgehead atoms. The van der Waals surface area contributed by atoms with Gasteiger partial charge < -0.3 is 4.57 Å². The van der Waals surface area contributed by atoms with E-state index in [1.54, 1.807) is 0 Å². The van der Waals surface area contributed by atoms with E-state index < -0.39 is 0 Å². The first-order chi connectivity index (χ1) is 11.3. The number of rotatable bonds is 2. The van der Waals surface area contributed by atoms with Crippen molar-refractivity contribution in [2.45, 2.75) is 38.3 Å². The average molecular weight is 302 g/mol. The standard InChI is InChI=1S/C19H18N4/c1-12-19-22-18(10-23(19)11-20-12)15-8-14(9-15)17-7-6-13-4-2-3-5-16(13)21-17/h2-7,10,14-15H,8-9,11H2,1H3. The highest BCUT2D eigenvalue weighted by Crippen LogP contribution is 2.47. The van der Waals surface area contributed by atoms with Crippen molar-refractivity contribution in [2.75, 3.05) is 0 Å². The lowest BCUT2D eigenvalue weighted by Gasteiger charge is -2.34. The number of fused-ring (bicyclic) bond motifs is 2. The van der Waals surface area contributed by atoms with E-state index in [-0.39, 0.29) is 0 Å². The normalized spacial score (nSPS) is 22.7. The molecule has 5 rings (SSSR count). The molecule has 2 aromatic heterocycles. The van der Waals surface area contributed by atoms with Crippen molar-refractivity contribution in [3.63, 3.8) is 0 Å². The van der Waals surface area contributed by atoms with Gasteiger partial charge in [-0.2, -0.15) is 0 Å². The molecule has 0 radical (unpaired) electrons. The van der Waals surface area contributed by atoms with Crippen LogP contribution in [-0.2, 0) is 6.67 Å². The number of nitrogens with zero attached hydrogens (tertiary/aromatic N) is 4. The van der Waals surface area contributed by atoms with Gasteiger partial charge in [0.1, 0.15) is 6.67 Å². The minimum absolute atomic E-state index is 0.566. The van der Waals surface area contributed by atoms with Crippen LogP contribution in [0.25, 0.3) is 10.9 Å². The average Bonchev–Trinajstić information content (AvgIpc) is 3.08. The van der Waals surface area contributed by atoms with Crippen LogP contribution in [0.2, 0.25) is 0 Å². The van der Waals surface area contributed by atoms with Gasteiger partial charge in [-0.15, -0.1) is 0 Å². The first-order valence-corrected chi connectivity index (χ1v) is 8.22. The number of hydrogen-bond donors (Lipinski definition) is 0. The topological polar surface area (TPSA) is 43.1 Å². The molecule has 4 nitrogen and oxygen atoms in total. The number of hydrogen-bond acceptors (Lipinski definition) is 3. The van der Waals surface area contributed by atoms with Gasteiger partial charge in [-0.1, -0.05) is 24.3 Å². The van der Waals surface area contributed by atoms with Gasteiger partial charge >= 0.3 is 0 Å². The van der Waals surface area contributed by atoms with Crippen LogP contribution in [0.4, 0.5) is 0 Å². The highest BCUT2D eigenvalue weighted by molar-refractivity contribution is 5.96. The van der Waals surface area contributed by atoms with E-state index in [2.05, 4.69) is 52.2 Å². The van der Waals surface area contributed by atoms with Crippen LogP contribution in [0.5, 0.6) is 0 Å². The van der Waals surface area contributed by atoms with Gasteiger partial charge in [0, 0.05) is 29.1 Å². The Morgan fingerprint density at radius 2 is 1.78 bits per heavy atom. The van der Waals surface area contributed by atoms with Gasteiger partial charge in [0.2, 0.25) is 0 Å². The Kier molecular flexibility index (Phi) is 2.68. The van der Waals surface area contributed by atoms with Gasteiger partial charge in [-0.05, 0) is 31.9 Å². The molecule has 2 aliphatic rings. The zero-order valence-electron chi connectivity index (χ0n) is 13.1. The molecule has 0 N–H and O–H groups in total. The predicted molar refractivity (Wildman–Crippen MR) is 90.9 cm³/mol. The summed E-state index contributed by atoms with van der Waals surface area (Å²) in [6, 6.07) is 12.7. The van der Waals surface area contributed by atoms with E-state index in [4.69, 9.17) is 9.97 Å². The maximum Gasteiger partial charge on any atom is 0.155 e. The highest BCUT2D eigenvalue weighted by atomic mass is 15.2. The van der Waals surface area contributed by atoms with Gasteiger partial charge in [0.15, 0.2) is 5.82 Å². The third-order valence-electron chi connectivity index (χ3n) is 5.17. The molecule has 1 aliphatic carbocycles. The monoisotopic (exact) mass is 302 g/mol. The molecular formula is C19H18N4. The lowest BCUT2D eigenvalue weighted by atomic mass is 9.71. The van der Waals surface area contributed by atoms with Crippen LogP contribution in [0.3, 0.4) is 0 Å². The number of pyridine rings is 1. The van der Waals surface area contributed by atoms with Crippen molar-refractivity contribution >= 4 is 16.6 Å². The number of imidazole rings is 1. The summed E-state index contributed by atoms with van der Waals surface area (Å²) in [5, 5.41) is 1.22. The number of aliphatic imine (C=N–C) groups is 1. The lowest BCUT2D eigenvalue weighted by Crippen LogP contribution is -2.21. The summed E-state index contributed by atoms with van der Waals surface area (Å²) >= 11 is 0. The predicted octanol–water partition coefficient (Wildman–Crippen LogP) is 3.87. The third kappa shape index (κ3) is 2.01. The second-order valence-corrected chi connectivity index (χ2v) is 6.64. The first-order valence-electron chi connectivity index (χ1n) is 8.22. The SMILES string of the molecule is CC1=NCn2cc(C3CC(c4ccc5ccccc5n4)C3)nc21. The molecule has 1 fully saturated rings. The first kappa shape index (κ1) is 13.0. The molecule has 3 aromatic rings. The van der Waals surface area contributed by atoms with E-state index in [1.165, 1.54) is 16.8 Å². The van der Waals surface area contributed by atoms with Crippen LogP contribution in [0, 0.1) is 0 Å². The summed E-state index contributed by atoms with van der Waals surface area (Å²) < 4.78 is 2.16. The van der Waals surface area contributed by atoms with E-state index in [1.807, 2.05) is 6.92 Å². The zero-order chi connectivity index (χ0) is 15.4. The van der Waals surface area contributed by atoms with Gasteiger partial charge in [-0.3, -0.25) is 9.98 Å². The fourth-order valence-electron chi connectivity index (χ4n) is 3.69. The van der Waals surface area contributed by atoms with Crippen molar-refractivity contribution in [3.8, 4) is 0 Å². The van der Waals surface area contributed by atoms with Crippen LogP contribution >= 0.6 is 0 Å². The molecule has 0 spiro atoms. The molecule has 0 amide bonds. The summed E-state index contributed by atoms with van der Waals surface area (Å²) in [5.74, 6) is 2.18. The van der Waals surface area contributed by atoms with Crippen molar-refractivity contribution in [1.82, 2.24) is 14.5 Å². The van der Waals surface area contributed by atoms with Gasteiger partial charge in [-0.25, -0.2) is 4.98 Å². The fraction of sp³-hybridized carbons (Fsp3) is 0.316. The molecule has 0 unspecified atom stereocenters. The summed E-state index contributed by atoms with van der Waals surface area (Å²) in [7, 11) is 0. The summed E-state index contributed by atoms with van der Waals surface area (Å²) in [4.78, 5) is 14.0. The highest BCUT2D eigenvalue weighted by Gasteiger charge is 2.34.